The fourth-order valence-electron chi connectivity index (χ4n) is 2.73. The second-order valence-corrected chi connectivity index (χ2v) is 7.29. The monoisotopic (exact) mass is 300 g/mol. The minimum Gasteiger partial charge on any atom is -0.382 e. The summed E-state index contributed by atoms with van der Waals surface area (Å²) in [6, 6.07) is 4.71. The number of hydrogen-bond donors (Lipinski definition) is 2. The number of anilines is 2. The van der Waals surface area contributed by atoms with E-state index in [2.05, 4.69) is 17.0 Å². The Kier molecular flexibility index (Phi) is 4.52. The molecule has 1 unspecified atom stereocenters. The van der Waals surface area contributed by atoms with E-state index in [4.69, 9.17) is 0 Å². The minimum atomic E-state index is -3.48. The van der Waals surface area contributed by atoms with Crippen LogP contribution in [0, 0.1) is 11.7 Å². The molecule has 1 aliphatic carbocycles. The van der Waals surface area contributed by atoms with Crippen LogP contribution in [0.2, 0.25) is 0 Å². The molecule has 1 fully saturated rings. The van der Waals surface area contributed by atoms with Gasteiger partial charge in [-0.1, -0.05) is 12.8 Å². The van der Waals surface area contributed by atoms with Crippen molar-refractivity contribution in [3.63, 3.8) is 0 Å². The van der Waals surface area contributed by atoms with Gasteiger partial charge in [0.1, 0.15) is 5.82 Å². The van der Waals surface area contributed by atoms with Crippen LogP contribution >= 0.6 is 0 Å². The van der Waals surface area contributed by atoms with Gasteiger partial charge in [-0.25, -0.2) is 12.8 Å². The molecule has 1 aliphatic rings. The Morgan fingerprint density at radius 2 is 1.95 bits per heavy atom. The van der Waals surface area contributed by atoms with Gasteiger partial charge in [0.15, 0.2) is 0 Å². The van der Waals surface area contributed by atoms with Gasteiger partial charge in [-0.15, -0.1) is 0 Å². The van der Waals surface area contributed by atoms with Crippen LogP contribution in [0.3, 0.4) is 0 Å². The molecule has 1 aromatic rings. The average Bonchev–Trinajstić information content (AvgIpc) is 2.85. The second kappa shape index (κ2) is 5.99. The Hall–Kier alpha value is -1.30. The van der Waals surface area contributed by atoms with Gasteiger partial charge in [-0.2, -0.15) is 0 Å². The lowest BCUT2D eigenvalue weighted by Gasteiger charge is -2.22. The zero-order valence-electron chi connectivity index (χ0n) is 11.8. The Bertz CT molecular complexity index is 569. The topological polar surface area (TPSA) is 58.2 Å². The first-order valence-corrected chi connectivity index (χ1v) is 8.78. The maximum absolute atomic E-state index is 13.6. The fourth-order valence-corrected chi connectivity index (χ4v) is 3.29. The van der Waals surface area contributed by atoms with Gasteiger partial charge in [0.05, 0.1) is 11.9 Å². The quantitative estimate of drug-likeness (QED) is 0.878. The molecule has 4 nitrogen and oxygen atoms in total. The van der Waals surface area contributed by atoms with Gasteiger partial charge in [-0.05, 0) is 43.9 Å². The van der Waals surface area contributed by atoms with Gasteiger partial charge in [0, 0.05) is 11.7 Å². The molecule has 0 aromatic heterocycles. The number of halogens is 1. The molecule has 2 rings (SSSR count). The normalized spacial score (nSPS) is 17.9. The minimum absolute atomic E-state index is 0.0175. The molecule has 0 amide bonds. The predicted molar refractivity (Wildman–Crippen MR) is 79.9 cm³/mol. The van der Waals surface area contributed by atoms with Gasteiger partial charge in [0.2, 0.25) is 10.0 Å². The van der Waals surface area contributed by atoms with Crippen LogP contribution in [0.15, 0.2) is 18.2 Å². The van der Waals surface area contributed by atoms with E-state index in [1.54, 1.807) is 6.07 Å². The van der Waals surface area contributed by atoms with Crippen molar-refractivity contribution in [3.05, 3.63) is 24.0 Å². The summed E-state index contributed by atoms with van der Waals surface area (Å²) in [6.45, 7) is 2.11. The average molecular weight is 300 g/mol. The fraction of sp³-hybridized carbons (Fsp3) is 0.571. The maximum atomic E-state index is 13.6. The molecule has 0 radical (unpaired) electrons. The molecule has 112 valence electrons. The van der Waals surface area contributed by atoms with Crippen LogP contribution < -0.4 is 10.0 Å². The third-order valence-electron chi connectivity index (χ3n) is 3.76. The second-order valence-electron chi connectivity index (χ2n) is 5.55. The van der Waals surface area contributed by atoms with E-state index < -0.39 is 15.8 Å². The summed E-state index contributed by atoms with van der Waals surface area (Å²) in [4.78, 5) is 0. The summed E-state index contributed by atoms with van der Waals surface area (Å²) in [5, 5.41) is 3.34. The molecule has 1 aromatic carbocycles. The van der Waals surface area contributed by atoms with E-state index in [1.807, 2.05) is 0 Å². The van der Waals surface area contributed by atoms with Gasteiger partial charge >= 0.3 is 0 Å². The molecule has 6 heteroatoms. The van der Waals surface area contributed by atoms with Crippen LogP contribution in [0.4, 0.5) is 15.8 Å². The van der Waals surface area contributed by atoms with Gasteiger partial charge in [0.25, 0.3) is 0 Å². The highest BCUT2D eigenvalue weighted by Crippen LogP contribution is 2.30. The van der Waals surface area contributed by atoms with E-state index in [0.29, 0.717) is 12.0 Å². The number of nitrogens with one attached hydrogen (secondary N) is 2. The first kappa shape index (κ1) is 15.1. The molecular weight excluding hydrogens is 279 g/mol. The van der Waals surface area contributed by atoms with Crippen molar-refractivity contribution in [3.8, 4) is 0 Å². The zero-order chi connectivity index (χ0) is 14.8. The molecule has 1 saturated carbocycles. The highest BCUT2D eigenvalue weighted by Gasteiger charge is 2.21. The maximum Gasteiger partial charge on any atom is 0.229 e. The molecule has 0 bridgehead atoms. The SMILES string of the molecule is CC(Nc1ccc(F)c(NS(C)(=O)=O)c1)C1CCCC1. The lowest BCUT2D eigenvalue weighted by Crippen LogP contribution is -2.23. The van der Waals surface area contributed by atoms with Crippen LogP contribution in [0.25, 0.3) is 0 Å². The van der Waals surface area contributed by atoms with E-state index in [0.717, 1.165) is 11.9 Å². The van der Waals surface area contributed by atoms with Crippen molar-refractivity contribution >= 4 is 21.4 Å². The molecule has 2 N–H and O–H groups in total. The van der Waals surface area contributed by atoms with Crippen LogP contribution in [0.1, 0.15) is 32.6 Å². The van der Waals surface area contributed by atoms with Crippen molar-refractivity contribution in [2.75, 3.05) is 16.3 Å². The highest BCUT2D eigenvalue weighted by molar-refractivity contribution is 7.92. The number of sulfonamides is 1. The Morgan fingerprint density at radius 1 is 1.30 bits per heavy atom. The number of hydrogen-bond acceptors (Lipinski definition) is 3. The first-order valence-electron chi connectivity index (χ1n) is 6.89. The molecule has 0 saturated heterocycles. The molecular formula is C14H21FN2O2S. The summed E-state index contributed by atoms with van der Waals surface area (Å²) in [5.74, 6) is 0.0564. The Labute approximate surface area is 119 Å². The molecule has 20 heavy (non-hydrogen) atoms. The molecule has 0 spiro atoms. The summed E-state index contributed by atoms with van der Waals surface area (Å²) >= 11 is 0. The number of rotatable bonds is 5. The van der Waals surface area contributed by atoms with Crippen molar-refractivity contribution < 1.29 is 12.8 Å². The third-order valence-corrected chi connectivity index (χ3v) is 4.35. The van der Waals surface area contributed by atoms with Gasteiger partial charge < -0.3 is 5.32 Å². The van der Waals surface area contributed by atoms with Crippen LogP contribution in [-0.2, 0) is 10.0 Å². The van der Waals surface area contributed by atoms with Crippen molar-refractivity contribution in [1.82, 2.24) is 0 Å². The third kappa shape index (κ3) is 4.10. The lowest BCUT2D eigenvalue weighted by molar-refractivity contribution is 0.482. The number of benzene rings is 1. The predicted octanol–water partition coefficient (Wildman–Crippen LogP) is 3.19. The smallest absolute Gasteiger partial charge is 0.229 e. The summed E-state index contributed by atoms with van der Waals surface area (Å²) in [5.41, 5.74) is 0.716. The summed E-state index contributed by atoms with van der Waals surface area (Å²) in [6.07, 6.45) is 5.96. The molecule has 0 aliphatic heterocycles. The first-order chi connectivity index (χ1) is 9.35. The molecule has 1 atom stereocenters. The van der Waals surface area contributed by atoms with Crippen LogP contribution in [-0.4, -0.2) is 20.7 Å². The van der Waals surface area contributed by atoms with E-state index in [-0.39, 0.29) is 5.69 Å². The van der Waals surface area contributed by atoms with Crippen molar-refractivity contribution in [1.29, 1.82) is 0 Å². The summed E-state index contributed by atoms with van der Waals surface area (Å²) < 4.78 is 38.2. The lowest BCUT2D eigenvalue weighted by atomic mass is 9.99. The van der Waals surface area contributed by atoms with Crippen molar-refractivity contribution in [2.45, 2.75) is 38.6 Å². The standard InChI is InChI=1S/C14H21FN2O2S/c1-10(11-5-3-4-6-11)16-12-7-8-13(15)14(9-12)17-20(2,18)19/h7-11,16-17H,3-6H2,1-2H3. The van der Waals surface area contributed by atoms with Crippen LogP contribution in [0.5, 0.6) is 0 Å². The van der Waals surface area contributed by atoms with E-state index >= 15 is 0 Å². The highest BCUT2D eigenvalue weighted by atomic mass is 32.2. The molecule has 0 heterocycles. The van der Waals surface area contributed by atoms with E-state index in [9.17, 15) is 12.8 Å². The Balaban J connectivity index is 2.10. The Morgan fingerprint density at radius 3 is 2.55 bits per heavy atom. The summed E-state index contributed by atoms with van der Waals surface area (Å²) in [7, 11) is -3.48. The van der Waals surface area contributed by atoms with Gasteiger partial charge in [-0.3, -0.25) is 4.72 Å². The van der Waals surface area contributed by atoms with E-state index in [1.165, 1.54) is 37.8 Å². The van der Waals surface area contributed by atoms with Crippen molar-refractivity contribution in [2.24, 2.45) is 5.92 Å². The zero-order valence-corrected chi connectivity index (χ0v) is 12.6. The largest absolute Gasteiger partial charge is 0.382 e.